The number of amides is 2. The Kier molecular flexibility index (Phi) is 5.56. The Morgan fingerprint density at radius 2 is 2.04 bits per heavy atom. The molecular formula is C20H21ClN2O4. The highest BCUT2D eigenvalue weighted by molar-refractivity contribution is 6.32. The van der Waals surface area contributed by atoms with Gasteiger partial charge < -0.3 is 14.8 Å². The maximum Gasteiger partial charge on any atom is 0.268 e. The number of anilines is 2. The smallest absolute Gasteiger partial charge is 0.268 e. The van der Waals surface area contributed by atoms with Gasteiger partial charge in [0.15, 0.2) is 6.10 Å². The van der Waals surface area contributed by atoms with Gasteiger partial charge in [0.25, 0.3) is 5.91 Å². The summed E-state index contributed by atoms with van der Waals surface area (Å²) < 4.78 is 11.2. The number of carbonyl (C=O) groups is 2. The Morgan fingerprint density at radius 3 is 2.74 bits per heavy atom. The number of hydrogen-bond acceptors (Lipinski definition) is 4. The van der Waals surface area contributed by atoms with Gasteiger partial charge in [0.1, 0.15) is 18.0 Å². The molecule has 1 aliphatic heterocycles. The van der Waals surface area contributed by atoms with E-state index < -0.39 is 6.10 Å². The number of carbonyl (C=O) groups excluding carboxylic acids is 2. The second-order valence-corrected chi connectivity index (χ2v) is 6.92. The standard InChI is InChI=1S/C20H21ClN2O4/c1-12(2)26-17-9-8-14(10-15(17)21)22-19(24)11-23-16-6-4-5-7-18(16)27-13(3)20(23)25/h4-10,12-13H,11H2,1-3H3,(H,22,24). The lowest BCUT2D eigenvalue weighted by Crippen LogP contribution is -2.47. The molecule has 6 nitrogen and oxygen atoms in total. The van der Waals surface area contributed by atoms with Gasteiger partial charge in [0, 0.05) is 5.69 Å². The van der Waals surface area contributed by atoms with Gasteiger partial charge in [-0.25, -0.2) is 0 Å². The molecule has 1 heterocycles. The summed E-state index contributed by atoms with van der Waals surface area (Å²) in [5.41, 5.74) is 1.11. The zero-order chi connectivity index (χ0) is 19.6. The van der Waals surface area contributed by atoms with E-state index in [2.05, 4.69) is 5.32 Å². The zero-order valence-corrected chi connectivity index (χ0v) is 16.1. The normalized spacial score (nSPS) is 16.0. The number of fused-ring (bicyclic) bond motifs is 1. The van der Waals surface area contributed by atoms with Crippen molar-refractivity contribution in [3.63, 3.8) is 0 Å². The highest BCUT2D eigenvalue weighted by Crippen LogP contribution is 2.33. The molecule has 1 unspecified atom stereocenters. The van der Waals surface area contributed by atoms with E-state index in [9.17, 15) is 9.59 Å². The molecule has 0 radical (unpaired) electrons. The van der Waals surface area contributed by atoms with Crippen molar-refractivity contribution >= 4 is 34.8 Å². The topological polar surface area (TPSA) is 67.9 Å². The van der Waals surface area contributed by atoms with Gasteiger partial charge >= 0.3 is 0 Å². The van der Waals surface area contributed by atoms with Crippen LogP contribution in [0.15, 0.2) is 42.5 Å². The van der Waals surface area contributed by atoms with E-state index in [1.807, 2.05) is 19.9 Å². The first kappa shape index (κ1) is 19.0. The average molecular weight is 389 g/mol. The summed E-state index contributed by atoms with van der Waals surface area (Å²) in [6.07, 6.45) is -0.646. The lowest BCUT2D eigenvalue weighted by atomic mass is 10.2. The summed E-state index contributed by atoms with van der Waals surface area (Å²) in [4.78, 5) is 26.4. The Hall–Kier alpha value is -2.73. The molecule has 142 valence electrons. The largest absolute Gasteiger partial charge is 0.489 e. The molecule has 0 saturated heterocycles. The van der Waals surface area contributed by atoms with Crippen molar-refractivity contribution in [2.45, 2.75) is 33.0 Å². The number of nitrogens with zero attached hydrogens (tertiary/aromatic N) is 1. The van der Waals surface area contributed by atoms with Crippen molar-refractivity contribution in [2.24, 2.45) is 0 Å². The Balaban J connectivity index is 1.72. The van der Waals surface area contributed by atoms with Crippen LogP contribution in [0.5, 0.6) is 11.5 Å². The van der Waals surface area contributed by atoms with Crippen molar-refractivity contribution < 1.29 is 19.1 Å². The molecule has 2 aromatic carbocycles. The minimum atomic E-state index is -0.644. The van der Waals surface area contributed by atoms with E-state index in [0.29, 0.717) is 27.9 Å². The first-order chi connectivity index (χ1) is 12.8. The molecule has 0 aliphatic carbocycles. The van der Waals surface area contributed by atoms with Crippen LogP contribution in [0.4, 0.5) is 11.4 Å². The molecule has 2 aromatic rings. The highest BCUT2D eigenvalue weighted by Gasteiger charge is 2.32. The summed E-state index contributed by atoms with van der Waals surface area (Å²) in [7, 11) is 0. The third kappa shape index (κ3) is 4.34. The molecule has 1 atom stereocenters. The average Bonchev–Trinajstić information content (AvgIpc) is 2.61. The van der Waals surface area contributed by atoms with Crippen LogP contribution in [-0.2, 0) is 9.59 Å². The van der Waals surface area contributed by atoms with E-state index in [1.165, 1.54) is 4.90 Å². The Morgan fingerprint density at radius 1 is 1.30 bits per heavy atom. The summed E-state index contributed by atoms with van der Waals surface area (Å²) in [5.74, 6) is 0.537. The van der Waals surface area contributed by atoms with Crippen molar-refractivity contribution in [3.8, 4) is 11.5 Å². The monoisotopic (exact) mass is 388 g/mol. The molecular weight excluding hydrogens is 368 g/mol. The van der Waals surface area contributed by atoms with Crippen molar-refractivity contribution in [1.29, 1.82) is 0 Å². The molecule has 27 heavy (non-hydrogen) atoms. The summed E-state index contributed by atoms with van der Waals surface area (Å²) in [6, 6.07) is 12.2. The summed E-state index contributed by atoms with van der Waals surface area (Å²) >= 11 is 6.20. The van der Waals surface area contributed by atoms with Crippen molar-refractivity contribution in [2.75, 3.05) is 16.8 Å². The van der Waals surface area contributed by atoms with Gasteiger partial charge in [-0.2, -0.15) is 0 Å². The number of nitrogens with one attached hydrogen (secondary N) is 1. The van der Waals surface area contributed by atoms with E-state index >= 15 is 0 Å². The van der Waals surface area contributed by atoms with Crippen LogP contribution in [0.25, 0.3) is 0 Å². The second kappa shape index (κ2) is 7.88. The molecule has 0 aromatic heterocycles. The number of benzene rings is 2. The highest BCUT2D eigenvalue weighted by atomic mass is 35.5. The molecule has 3 rings (SSSR count). The van der Waals surface area contributed by atoms with Gasteiger partial charge in [-0.1, -0.05) is 23.7 Å². The molecule has 0 saturated carbocycles. The Bertz CT molecular complexity index is 869. The van der Waals surface area contributed by atoms with Gasteiger partial charge in [0.2, 0.25) is 5.91 Å². The quantitative estimate of drug-likeness (QED) is 0.844. The molecule has 7 heteroatoms. The molecule has 2 amide bonds. The van der Waals surface area contributed by atoms with Gasteiger partial charge in [-0.3, -0.25) is 14.5 Å². The predicted octanol–water partition coefficient (Wildman–Crippen LogP) is 3.88. The third-order valence-electron chi connectivity index (χ3n) is 3.95. The molecule has 1 N–H and O–H groups in total. The third-order valence-corrected chi connectivity index (χ3v) is 4.25. The van der Waals surface area contributed by atoms with E-state index in [1.54, 1.807) is 43.3 Å². The van der Waals surface area contributed by atoms with E-state index in [-0.39, 0.29) is 24.5 Å². The van der Waals surface area contributed by atoms with E-state index in [0.717, 1.165) is 0 Å². The molecule has 0 spiro atoms. The number of rotatable bonds is 5. The maximum atomic E-state index is 12.5. The number of para-hydroxylation sites is 2. The van der Waals surface area contributed by atoms with Crippen LogP contribution >= 0.6 is 11.6 Å². The van der Waals surface area contributed by atoms with Crippen LogP contribution < -0.4 is 19.7 Å². The van der Waals surface area contributed by atoms with Gasteiger partial charge in [-0.05, 0) is 51.1 Å². The molecule has 0 bridgehead atoms. The van der Waals surface area contributed by atoms with Crippen molar-refractivity contribution in [3.05, 3.63) is 47.5 Å². The van der Waals surface area contributed by atoms with Gasteiger partial charge in [0.05, 0.1) is 16.8 Å². The number of halogens is 1. The fourth-order valence-corrected chi connectivity index (χ4v) is 3.02. The summed E-state index contributed by atoms with van der Waals surface area (Å²) in [6.45, 7) is 5.36. The fourth-order valence-electron chi connectivity index (χ4n) is 2.79. The van der Waals surface area contributed by atoms with Crippen LogP contribution in [0.2, 0.25) is 5.02 Å². The maximum absolute atomic E-state index is 12.5. The summed E-state index contributed by atoms with van der Waals surface area (Å²) in [5, 5.41) is 3.17. The molecule has 0 fully saturated rings. The molecule has 1 aliphatic rings. The lowest BCUT2D eigenvalue weighted by Gasteiger charge is -2.32. The zero-order valence-electron chi connectivity index (χ0n) is 15.4. The predicted molar refractivity (Wildman–Crippen MR) is 105 cm³/mol. The number of ether oxygens (including phenoxy) is 2. The number of hydrogen-bond donors (Lipinski definition) is 1. The van der Waals surface area contributed by atoms with Crippen LogP contribution in [0.3, 0.4) is 0 Å². The second-order valence-electron chi connectivity index (χ2n) is 6.51. The van der Waals surface area contributed by atoms with E-state index in [4.69, 9.17) is 21.1 Å². The van der Waals surface area contributed by atoms with Gasteiger partial charge in [-0.15, -0.1) is 0 Å². The first-order valence-corrected chi connectivity index (χ1v) is 9.06. The Labute approximate surface area is 163 Å². The van der Waals surface area contributed by atoms with Crippen LogP contribution in [-0.4, -0.2) is 30.6 Å². The SMILES string of the molecule is CC(C)Oc1ccc(NC(=O)CN2C(=O)C(C)Oc3ccccc32)cc1Cl. The fraction of sp³-hybridized carbons (Fsp3) is 0.300. The first-order valence-electron chi connectivity index (χ1n) is 8.68. The minimum Gasteiger partial charge on any atom is -0.489 e. The minimum absolute atomic E-state index is 0.00247. The van der Waals surface area contributed by atoms with Crippen LogP contribution in [0, 0.1) is 0 Å². The van der Waals surface area contributed by atoms with Crippen molar-refractivity contribution in [1.82, 2.24) is 0 Å². The lowest BCUT2D eigenvalue weighted by molar-refractivity contribution is -0.127. The van der Waals surface area contributed by atoms with Crippen LogP contribution in [0.1, 0.15) is 20.8 Å².